The minimum absolute atomic E-state index is 0.380. The molecule has 2 heterocycles. The molecule has 3 aromatic rings. The van der Waals surface area contributed by atoms with Gasteiger partial charge in [0.25, 0.3) is 0 Å². The third kappa shape index (κ3) is 4.01. The van der Waals surface area contributed by atoms with Crippen molar-refractivity contribution in [3.63, 3.8) is 0 Å². The summed E-state index contributed by atoms with van der Waals surface area (Å²) in [5.41, 5.74) is 0.453. The van der Waals surface area contributed by atoms with Crippen LogP contribution in [-0.2, 0) is 12.6 Å². The molecule has 25 heavy (non-hydrogen) atoms. The Bertz CT molecular complexity index is 892. The second-order valence-electron chi connectivity index (χ2n) is 5.52. The Balaban J connectivity index is 1.72. The van der Waals surface area contributed by atoms with Gasteiger partial charge in [0.15, 0.2) is 5.65 Å². The molecule has 1 N–H and O–H groups in total. The van der Waals surface area contributed by atoms with Gasteiger partial charge in [-0.1, -0.05) is 12.1 Å². The van der Waals surface area contributed by atoms with Crippen LogP contribution >= 0.6 is 0 Å². The first-order valence-electron chi connectivity index (χ1n) is 7.53. The number of aromatic nitrogens is 3. The van der Waals surface area contributed by atoms with Gasteiger partial charge in [0.2, 0.25) is 0 Å². The maximum atomic E-state index is 13.4. The topological polar surface area (TPSA) is 50.7 Å². The lowest BCUT2D eigenvalue weighted by Gasteiger charge is -2.10. The lowest BCUT2D eigenvalue weighted by Crippen LogP contribution is -2.09. The first-order chi connectivity index (χ1) is 11.8. The zero-order valence-corrected chi connectivity index (χ0v) is 13.2. The lowest BCUT2D eigenvalue weighted by molar-refractivity contribution is -0.137. The number of alkyl halides is 3. The molecule has 0 saturated carbocycles. The van der Waals surface area contributed by atoms with Gasteiger partial charge in [-0.15, -0.1) is 0 Å². The molecular formula is C17H14F4N4. The number of aryl methyl sites for hydroxylation is 1. The summed E-state index contributed by atoms with van der Waals surface area (Å²) in [6.45, 7) is 2.12. The van der Waals surface area contributed by atoms with Crippen molar-refractivity contribution in [2.75, 3.05) is 11.9 Å². The van der Waals surface area contributed by atoms with E-state index in [-0.39, 0.29) is 0 Å². The molecule has 130 valence electrons. The van der Waals surface area contributed by atoms with Gasteiger partial charge in [-0.25, -0.2) is 19.3 Å². The minimum atomic E-state index is -4.34. The molecular weight excluding hydrogens is 336 g/mol. The van der Waals surface area contributed by atoms with Crippen LogP contribution in [0.2, 0.25) is 0 Å². The third-order valence-electron chi connectivity index (χ3n) is 3.62. The van der Waals surface area contributed by atoms with Gasteiger partial charge in [0, 0.05) is 6.54 Å². The first-order valence-corrected chi connectivity index (χ1v) is 7.53. The van der Waals surface area contributed by atoms with Crippen molar-refractivity contribution in [2.45, 2.75) is 19.5 Å². The van der Waals surface area contributed by atoms with Gasteiger partial charge in [-0.3, -0.25) is 0 Å². The molecule has 0 aliphatic carbocycles. The fourth-order valence-corrected chi connectivity index (χ4v) is 2.42. The predicted molar refractivity (Wildman–Crippen MR) is 85.7 cm³/mol. The number of benzene rings is 1. The first kappa shape index (κ1) is 17.1. The Morgan fingerprint density at radius 2 is 1.80 bits per heavy atom. The Morgan fingerprint density at radius 1 is 1.08 bits per heavy atom. The number of pyridine rings is 1. The number of hydrogen-bond donors (Lipinski definition) is 1. The van der Waals surface area contributed by atoms with Gasteiger partial charge in [0.05, 0.1) is 17.1 Å². The molecule has 0 fully saturated rings. The van der Waals surface area contributed by atoms with E-state index >= 15 is 0 Å². The summed E-state index contributed by atoms with van der Waals surface area (Å²) in [5, 5.41) is 3.53. The number of nitrogens with zero attached hydrogens (tertiary/aromatic N) is 3. The summed E-state index contributed by atoms with van der Waals surface area (Å²) in [4.78, 5) is 12.3. The van der Waals surface area contributed by atoms with Crippen LogP contribution in [0.1, 0.15) is 17.0 Å². The highest BCUT2D eigenvalue weighted by Crippen LogP contribution is 2.29. The molecule has 0 bridgehead atoms. The van der Waals surface area contributed by atoms with E-state index in [1.54, 1.807) is 6.92 Å². The van der Waals surface area contributed by atoms with Crippen LogP contribution in [0.5, 0.6) is 0 Å². The molecule has 1 aromatic carbocycles. The molecule has 4 nitrogen and oxygen atoms in total. The molecule has 0 amide bonds. The molecule has 3 rings (SSSR count). The van der Waals surface area contributed by atoms with Crippen molar-refractivity contribution < 1.29 is 17.6 Å². The number of nitrogens with one attached hydrogen (secondary N) is 1. The highest BCUT2D eigenvalue weighted by atomic mass is 19.4. The summed E-state index contributed by atoms with van der Waals surface area (Å²) >= 11 is 0. The van der Waals surface area contributed by atoms with Crippen LogP contribution in [0.3, 0.4) is 0 Å². The van der Waals surface area contributed by atoms with Crippen molar-refractivity contribution in [2.24, 2.45) is 0 Å². The van der Waals surface area contributed by atoms with Crippen molar-refractivity contribution in [3.8, 4) is 0 Å². The van der Waals surface area contributed by atoms with E-state index in [9.17, 15) is 17.6 Å². The fraction of sp³-hybridized carbons (Fsp3) is 0.235. The van der Waals surface area contributed by atoms with Crippen molar-refractivity contribution in [3.05, 3.63) is 59.3 Å². The molecule has 0 saturated heterocycles. The second-order valence-corrected chi connectivity index (χ2v) is 5.52. The molecule has 0 atom stereocenters. The van der Waals surface area contributed by atoms with Crippen molar-refractivity contribution in [1.29, 1.82) is 0 Å². The number of anilines is 1. The Labute approximate surface area is 141 Å². The second kappa shape index (κ2) is 6.62. The molecule has 0 aliphatic rings. The van der Waals surface area contributed by atoms with Crippen LogP contribution in [0, 0.1) is 12.7 Å². The highest BCUT2D eigenvalue weighted by Gasteiger charge is 2.29. The number of halogens is 4. The maximum Gasteiger partial charge on any atom is 0.416 e. The highest BCUT2D eigenvalue weighted by molar-refractivity contribution is 5.86. The lowest BCUT2D eigenvalue weighted by atomic mass is 10.1. The van der Waals surface area contributed by atoms with E-state index in [1.807, 2.05) is 0 Å². The predicted octanol–water partition coefficient (Wildman–Crippen LogP) is 4.15. The largest absolute Gasteiger partial charge is 0.416 e. The summed E-state index contributed by atoms with van der Waals surface area (Å²) in [7, 11) is 0. The van der Waals surface area contributed by atoms with Gasteiger partial charge in [0.1, 0.15) is 17.5 Å². The Morgan fingerprint density at radius 3 is 2.48 bits per heavy atom. The smallest absolute Gasteiger partial charge is 0.369 e. The van der Waals surface area contributed by atoms with Crippen molar-refractivity contribution >= 4 is 16.9 Å². The van der Waals surface area contributed by atoms with Crippen LogP contribution in [0.15, 0.2) is 36.5 Å². The van der Waals surface area contributed by atoms with E-state index in [4.69, 9.17) is 0 Å². The molecule has 8 heteroatoms. The van der Waals surface area contributed by atoms with E-state index in [0.29, 0.717) is 35.6 Å². The molecule has 0 spiro atoms. The van der Waals surface area contributed by atoms with E-state index < -0.39 is 17.6 Å². The Kier molecular flexibility index (Phi) is 4.52. The zero-order valence-electron chi connectivity index (χ0n) is 13.2. The van der Waals surface area contributed by atoms with E-state index in [0.717, 1.165) is 23.9 Å². The van der Waals surface area contributed by atoms with E-state index in [2.05, 4.69) is 20.3 Å². The molecule has 0 radical (unpaired) electrons. The minimum Gasteiger partial charge on any atom is -0.369 e. The fourth-order valence-electron chi connectivity index (χ4n) is 2.42. The van der Waals surface area contributed by atoms with Gasteiger partial charge < -0.3 is 5.32 Å². The maximum absolute atomic E-state index is 13.4. The monoisotopic (exact) mass is 350 g/mol. The molecule has 0 unspecified atom stereocenters. The van der Waals surface area contributed by atoms with Crippen LogP contribution < -0.4 is 5.32 Å². The average Bonchev–Trinajstić information content (AvgIpc) is 2.55. The van der Waals surface area contributed by atoms with E-state index in [1.165, 1.54) is 18.2 Å². The quantitative estimate of drug-likeness (QED) is 0.719. The number of rotatable bonds is 4. The summed E-state index contributed by atoms with van der Waals surface area (Å²) in [6.07, 6.45) is -2.77. The van der Waals surface area contributed by atoms with Gasteiger partial charge in [-0.2, -0.15) is 13.2 Å². The van der Waals surface area contributed by atoms with Crippen molar-refractivity contribution in [1.82, 2.24) is 15.0 Å². The van der Waals surface area contributed by atoms with Crippen LogP contribution in [0.4, 0.5) is 23.4 Å². The average molecular weight is 350 g/mol. The molecule has 0 aliphatic heterocycles. The number of fused-ring (bicyclic) bond motifs is 1. The number of hydrogen-bond acceptors (Lipinski definition) is 4. The third-order valence-corrected chi connectivity index (χ3v) is 3.62. The zero-order chi connectivity index (χ0) is 18.0. The summed E-state index contributed by atoms with van der Waals surface area (Å²) in [6, 6.07) is 6.28. The SMILES string of the molecule is Cc1nc(NCCc2ccc(C(F)(F)F)cc2)c2cc(F)cnc2n1. The van der Waals surface area contributed by atoms with Gasteiger partial charge in [-0.05, 0) is 37.1 Å². The van der Waals surface area contributed by atoms with Crippen LogP contribution in [-0.4, -0.2) is 21.5 Å². The molecule has 2 aromatic heterocycles. The van der Waals surface area contributed by atoms with Crippen LogP contribution in [0.25, 0.3) is 11.0 Å². The van der Waals surface area contributed by atoms with Gasteiger partial charge >= 0.3 is 6.18 Å². The summed E-state index contributed by atoms with van der Waals surface area (Å²) in [5.74, 6) is 0.441. The summed E-state index contributed by atoms with van der Waals surface area (Å²) < 4.78 is 51.0. The Hall–Kier alpha value is -2.77. The normalized spacial score (nSPS) is 11.7. The standard InChI is InChI=1S/C17H14F4N4/c1-10-24-15(14-8-13(18)9-23-16(14)25-10)22-7-6-11-2-4-12(5-3-11)17(19,20)21/h2-5,8-9H,6-7H2,1H3,(H,22,23,24,25).